The molecular formula is C9H10N2O2S. The molecule has 0 radical (unpaired) electrons. The summed E-state index contributed by atoms with van der Waals surface area (Å²) in [7, 11) is -1.28. The number of aryl methyl sites for hydroxylation is 1. The van der Waals surface area contributed by atoms with Crippen LogP contribution in [0, 0.1) is 0 Å². The second-order valence-electron chi connectivity index (χ2n) is 3.09. The number of hydrogen-bond acceptors (Lipinski definition) is 3. The number of carbonyl (C=O) groups is 1. The van der Waals surface area contributed by atoms with Crippen LogP contribution in [0.3, 0.4) is 0 Å². The quantitative estimate of drug-likeness (QED) is 0.742. The molecule has 1 aliphatic rings. The molecule has 0 aliphatic carbocycles. The van der Waals surface area contributed by atoms with Crippen molar-refractivity contribution in [3.8, 4) is 0 Å². The monoisotopic (exact) mass is 210 g/mol. The zero-order valence-electron chi connectivity index (χ0n) is 7.74. The van der Waals surface area contributed by atoms with E-state index in [4.69, 9.17) is 0 Å². The fourth-order valence-electron chi connectivity index (χ4n) is 1.33. The first-order valence-corrected chi connectivity index (χ1v) is 5.69. The smallest absolute Gasteiger partial charge is 0.237 e. The second-order valence-corrected chi connectivity index (χ2v) is 4.45. The molecule has 0 spiro atoms. The van der Waals surface area contributed by atoms with E-state index in [1.807, 2.05) is 13.0 Å². The molecule has 2 rings (SSSR count). The van der Waals surface area contributed by atoms with Gasteiger partial charge in [-0.2, -0.15) is 0 Å². The van der Waals surface area contributed by atoms with E-state index in [0.29, 0.717) is 10.7 Å². The number of hydrogen-bond donors (Lipinski definition) is 1. The normalized spacial score (nSPS) is 20.1. The molecule has 0 aromatic carbocycles. The Hall–Kier alpha value is -1.23. The Bertz CT molecular complexity index is 417. The Labute approximate surface area is 84.2 Å². The zero-order valence-corrected chi connectivity index (χ0v) is 8.56. The first-order valence-electron chi connectivity index (χ1n) is 4.38. The van der Waals surface area contributed by atoms with E-state index < -0.39 is 10.8 Å². The number of fused-ring (bicyclic) bond motifs is 1. The molecule has 0 fully saturated rings. The van der Waals surface area contributed by atoms with Crippen LogP contribution in [0.4, 0.5) is 5.69 Å². The third-order valence-electron chi connectivity index (χ3n) is 2.07. The van der Waals surface area contributed by atoms with Crippen LogP contribution in [0.1, 0.15) is 12.5 Å². The van der Waals surface area contributed by atoms with Crippen molar-refractivity contribution in [2.75, 3.05) is 11.1 Å². The highest BCUT2D eigenvalue weighted by Gasteiger charge is 2.22. The highest BCUT2D eigenvalue weighted by atomic mass is 32.2. The largest absolute Gasteiger partial charge is 0.323 e. The van der Waals surface area contributed by atoms with Crippen LogP contribution >= 0.6 is 0 Å². The summed E-state index contributed by atoms with van der Waals surface area (Å²) in [6, 6.07) is 1.83. The molecule has 1 aromatic rings. The number of anilines is 1. The maximum atomic E-state index is 11.5. The number of nitrogens with zero attached hydrogens (tertiary/aromatic N) is 1. The van der Waals surface area contributed by atoms with Crippen LogP contribution in [-0.4, -0.2) is 20.9 Å². The molecule has 1 atom stereocenters. The Kier molecular flexibility index (Phi) is 2.33. The van der Waals surface area contributed by atoms with Crippen LogP contribution < -0.4 is 5.32 Å². The standard InChI is InChI=1S/C9H10N2O2S/c1-2-6-3-7-9(10-4-6)14(13)5-8(12)11-7/h3-4H,2,5H2,1H3,(H,11,12). The number of nitrogens with one attached hydrogen (secondary N) is 1. The van der Waals surface area contributed by atoms with Gasteiger partial charge in [0.1, 0.15) is 5.75 Å². The summed E-state index contributed by atoms with van der Waals surface area (Å²) in [4.78, 5) is 15.2. The molecule has 5 heteroatoms. The van der Waals surface area contributed by atoms with Gasteiger partial charge in [0, 0.05) is 6.20 Å². The van der Waals surface area contributed by atoms with Crippen LogP contribution in [0.2, 0.25) is 0 Å². The van der Waals surface area contributed by atoms with Gasteiger partial charge in [-0.15, -0.1) is 0 Å². The number of amides is 1. The predicted molar refractivity (Wildman–Crippen MR) is 53.5 cm³/mol. The lowest BCUT2D eigenvalue weighted by Gasteiger charge is -2.15. The van der Waals surface area contributed by atoms with E-state index in [9.17, 15) is 9.00 Å². The van der Waals surface area contributed by atoms with E-state index in [2.05, 4.69) is 10.3 Å². The van der Waals surface area contributed by atoms with Gasteiger partial charge < -0.3 is 5.32 Å². The molecule has 0 saturated heterocycles. The molecule has 74 valence electrons. The van der Waals surface area contributed by atoms with E-state index in [1.54, 1.807) is 6.20 Å². The van der Waals surface area contributed by atoms with E-state index in [-0.39, 0.29) is 11.7 Å². The van der Waals surface area contributed by atoms with Crippen molar-refractivity contribution in [1.82, 2.24) is 4.98 Å². The average Bonchev–Trinajstić information content (AvgIpc) is 2.16. The Morgan fingerprint density at radius 2 is 2.43 bits per heavy atom. The van der Waals surface area contributed by atoms with Crippen molar-refractivity contribution in [3.63, 3.8) is 0 Å². The lowest BCUT2D eigenvalue weighted by molar-refractivity contribution is -0.114. The van der Waals surface area contributed by atoms with Gasteiger partial charge in [-0.05, 0) is 18.1 Å². The summed E-state index contributed by atoms with van der Waals surface area (Å²) < 4.78 is 11.5. The van der Waals surface area contributed by atoms with Gasteiger partial charge in [-0.25, -0.2) is 4.98 Å². The third-order valence-corrected chi connectivity index (χ3v) is 3.35. The minimum absolute atomic E-state index is 0.0193. The molecule has 4 nitrogen and oxygen atoms in total. The molecular weight excluding hydrogens is 200 g/mol. The number of carbonyl (C=O) groups excluding carboxylic acids is 1. The van der Waals surface area contributed by atoms with Gasteiger partial charge in [0.15, 0.2) is 5.03 Å². The highest BCUT2D eigenvalue weighted by molar-refractivity contribution is 7.86. The van der Waals surface area contributed by atoms with Gasteiger partial charge in [0.05, 0.1) is 16.5 Å². The Morgan fingerprint density at radius 1 is 1.64 bits per heavy atom. The summed E-state index contributed by atoms with van der Waals surface area (Å²) in [6.07, 6.45) is 2.55. The Morgan fingerprint density at radius 3 is 3.14 bits per heavy atom. The first-order chi connectivity index (χ1) is 6.70. The molecule has 0 saturated carbocycles. The van der Waals surface area contributed by atoms with Gasteiger partial charge in [-0.1, -0.05) is 6.92 Å². The number of pyridine rings is 1. The molecule has 1 N–H and O–H groups in total. The molecule has 0 bridgehead atoms. The van der Waals surface area contributed by atoms with Gasteiger partial charge in [0.25, 0.3) is 0 Å². The molecule has 2 heterocycles. The lowest BCUT2D eigenvalue weighted by Crippen LogP contribution is -2.26. The van der Waals surface area contributed by atoms with Crippen molar-refractivity contribution in [3.05, 3.63) is 17.8 Å². The van der Waals surface area contributed by atoms with Crippen molar-refractivity contribution >= 4 is 22.4 Å². The molecule has 1 aromatic heterocycles. The van der Waals surface area contributed by atoms with Crippen LogP contribution in [0.25, 0.3) is 0 Å². The summed E-state index contributed by atoms with van der Waals surface area (Å²) in [5.74, 6) is -0.184. The minimum Gasteiger partial charge on any atom is -0.323 e. The fraction of sp³-hybridized carbons (Fsp3) is 0.333. The second kappa shape index (κ2) is 3.49. The fourth-order valence-corrected chi connectivity index (χ4v) is 2.31. The lowest BCUT2D eigenvalue weighted by atomic mass is 10.2. The summed E-state index contributed by atoms with van der Waals surface area (Å²) in [5, 5.41) is 3.16. The molecule has 1 amide bonds. The summed E-state index contributed by atoms with van der Waals surface area (Å²) in [5.41, 5.74) is 1.63. The number of aromatic nitrogens is 1. The molecule has 14 heavy (non-hydrogen) atoms. The zero-order chi connectivity index (χ0) is 10.1. The van der Waals surface area contributed by atoms with Gasteiger partial charge in [0.2, 0.25) is 5.91 Å². The van der Waals surface area contributed by atoms with Crippen LogP contribution in [0.15, 0.2) is 17.3 Å². The third kappa shape index (κ3) is 1.55. The maximum absolute atomic E-state index is 11.5. The summed E-state index contributed by atoms with van der Waals surface area (Å²) >= 11 is 0. The van der Waals surface area contributed by atoms with Crippen LogP contribution in [-0.2, 0) is 22.0 Å². The van der Waals surface area contributed by atoms with Gasteiger partial charge >= 0.3 is 0 Å². The topological polar surface area (TPSA) is 59.1 Å². The molecule has 1 unspecified atom stereocenters. The van der Waals surface area contributed by atoms with Crippen molar-refractivity contribution < 1.29 is 9.00 Å². The Balaban J connectivity index is 2.49. The average molecular weight is 210 g/mol. The summed E-state index contributed by atoms with van der Waals surface area (Å²) in [6.45, 7) is 2.00. The minimum atomic E-state index is -1.28. The molecule has 1 aliphatic heterocycles. The van der Waals surface area contributed by atoms with Gasteiger partial charge in [-0.3, -0.25) is 9.00 Å². The van der Waals surface area contributed by atoms with E-state index in [0.717, 1.165) is 12.0 Å². The SMILES string of the molecule is CCc1cnc2c(c1)NC(=O)CS2=O. The van der Waals surface area contributed by atoms with Crippen molar-refractivity contribution in [1.29, 1.82) is 0 Å². The predicted octanol–water partition coefficient (Wildman–Crippen LogP) is 0.704. The van der Waals surface area contributed by atoms with Crippen molar-refractivity contribution in [2.45, 2.75) is 18.4 Å². The van der Waals surface area contributed by atoms with E-state index in [1.165, 1.54) is 0 Å². The van der Waals surface area contributed by atoms with E-state index >= 15 is 0 Å². The maximum Gasteiger partial charge on any atom is 0.237 e. The van der Waals surface area contributed by atoms with Crippen molar-refractivity contribution in [2.24, 2.45) is 0 Å². The first kappa shape index (κ1) is 9.33. The number of rotatable bonds is 1. The highest BCUT2D eigenvalue weighted by Crippen LogP contribution is 2.22. The van der Waals surface area contributed by atoms with Crippen LogP contribution in [0.5, 0.6) is 0 Å².